The summed E-state index contributed by atoms with van der Waals surface area (Å²) in [4.78, 5) is 0. The maximum atomic E-state index is 2.21. The molecule has 0 saturated heterocycles. The van der Waals surface area contributed by atoms with E-state index in [2.05, 4.69) is 45.0 Å². The van der Waals surface area contributed by atoms with E-state index >= 15 is 0 Å². The molecule has 0 atom stereocenters. The van der Waals surface area contributed by atoms with Crippen molar-refractivity contribution < 1.29 is 39.0 Å². The van der Waals surface area contributed by atoms with Crippen LogP contribution in [0.4, 0.5) is 0 Å². The average Bonchev–Trinajstić information content (AvgIpc) is 1.88. The second kappa shape index (κ2) is 6.93. The molecule has 2 heteroatoms. The van der Waals surface area contributed by atoms with Crippen LogP contribution >= 0.6 is 0 Å². The molecule has 0 unspecified atom stereocenters. The number of hydrogen-bond donors (Lipinski definition) is 0. The van der Waals surface area contributed by atoms with Gasteiger partial charge in [0, 0.05) is 0 Å². The van der Waals surface area contributed by atoms with Crippen LogP contribution in [0.5, 0.6) is 0 Å². The van der Waals surface area contributed by atoms with Crippen LogP contribution < -0.4 is 0 Å². The zero-order valence-corrected chi connectivity index (χ0v) is 11.1. The summed E-state index contributed by atoms with van der Waals surface area (Å²) in [5.74, 6) is 0.653. The van der Waals surface area contributed by atoms with E-state index in [0.29, 0.717) is 5.92 Å². The van der Waals surface area contributed by atoms with Gasteiger partial charge in [0.2, 0.25) is 0 Å². The monoisotopic (exact) mass is 338 g/mol. The van der Waals surface area contributed by atoms with Crippen molar-refractivity contribution in [2.24, 2.45) is 0 Å². The summed E-state index contributed by atoms with van der Waals surface area (Å²) in [6, 6.07) is 8.71. The summed E-state index contributed by atoms with van der Waals surface area (Å²) < 4.78 is 0. The standard InChI is InChI=1S/C10H14.2Ru/c1-8(2)10-6-4-9(3)5-7-10;;/h4-8H,1-3H3;;/q;2*+2. The van der Waals surface area contributed by atoms with Gasteiger partial charge in [-0.15, -0.1) is 0 Å². The Morgan fingerprint density at radius 2 is 1.33 bits per heavy atom. The van der Waals surface area contributed by atoms with Crippen molar-refractivity contribution in [3.8, 4) is 0 Å². The zero-order chi connectivity index (χ0) is 7.56. The topological polar surface area (TPSA) is 0 Å². The van der Waals surface area contributed by atoms with Crippen LogP contribution in [0.2, 0.25) is 0 Å². The first-order valence-corrected chi connectivity index (χ1v) is 3.76. The fourth-order valence-electron chi connectivity index (χ4n) is 0.951. The first kappa shape index (κ1) is 15.0. The molecule has 0 nitrogen and oxygen atoms in total. The molecule has 1 rings (SSSR count). The van der Waals surface area contributed by atoms with E-state index in [0.717, 1.165) is 0 Å². The molecule has 66 valence electrons. The summed E-state index contributed by atoms with van der Waals surface area (Å²) in [6.07, 6.45) is 0. The fourth-order valence-corrected chi connectivity index (χ4v) is 0.951. The van der Waals surface area contributed by atoms with E-state index in [1.807, 2.05) is 0 Å². The molecule has 1 aromatic rings. The summed E-state index contributed by atoms with van der Waals surface area (Å²) in [6.45, 7) is 6.54. The van der Waals surface area contributed by atoms with E-state index in [1.54, 1.807) is 0 Å². The van der Waals surface area contributed by atoms with Crippen molar-refractivity contribution in [2.45, 2.75) is 26.7 Å². The SMILES string of the molecule is Cc1ccc(C(C)C)cc1.[Ru+2].[Ru+2]. The van der Waals surface area contributed by atoms with E-state index in [9.17, 15) is 0 Å². The number of benzene rings is 1. The molecule has 0 aliphatic carbocycles. The minimum atomic E-state index is 0. The average molecular weight is 336 g/mol. The Bertz CT molecular complexity index is 202. The van der Waals surface area contributed by atoms with Gasteiger partial charge in [-0.25, -0.2) is 0 Å². The molecular formula is C10H14Ru2+4. The molecule has 0 amide bonds. The minimum absolute atomic E-state index is 0. The van der Waals surface area contributed by atoms with Crippen LogP contribution in [-0.2, 0) is 39.0 Å². The third-order valence-corrected chi connectivity index (χ3v) is 1.74. The van der Waals surface area contributed by atoms with Crippen LogP contribution in [0.15, 0.2) is 24.3 Å². The molecule has 0 aliphatic rings. The third kappa shape index (κ3) is 4.48. The summed E-state index contributed by atoms with van der Waals surface area (Å²) in [5, 5.41) is 0. The molecular weight excluding hydrogens is 322 g/mol. The molecule has 12 heavy (non-hydrogen) atoms. The molecule has 0 saturated carbocycles. The van der Waals surface area contributed by atoms with E-state index in [-0.39, 0.29) is 39.0 Å². The van der Waals surface area contributed by atoms with E-state index < -0.39 is 0 Å². The zero-order valence-electron chi connectivity index (χ0n) is 7.59. The maximum absolute atomic E-state index is 2.21. The van der Waals surface area contributed by atoms with Crippen molar-refractivity contribution in [1.29, 1.82) is 0 Å². The van der Waals surface area contributed by atoms with Gasteiger partial charge in [-0.1, -0.05) is 43.7 Å². The number of hydrogen-bond acceptors (Lipinski definition) is 0. The van der Waals surface area contributed by atoms with Crippen molar-refractivity contribution in [1.82, 2.24) is 0 Å². The van der Waals surface area contributed by atoms with Crippen LogP contribution in [0.3, 0.4) is 0 Å². The first-order valence-electron chi connectivity index (χ1n) is 3.76. The maximum Gasteiger partial charge on any atom is 2.00 e. The van der Waals surface area contributed by atoms with Crippen LogP contribution in [0.1, 0.15) is 30.9 Å². The molecule has 0 radical (unpaired) electrons. The molecule has 0 spiro atoms. The van der Waals surface area contributed by atoms with Crippen LogP contribution in [0.25, 0.3) is 0 Å². The Morgan fingerprint density at radius 1 is 0.917 bits per heavy atom. The summed E-state index contributed by atoms with van der Waals surface area (Å²) >= 11 is 0. The molecule has 0 bridgehead atoms. The van der Waals surface area contributed by atoms with Gasteiger partial charge >= 0.3 is 39.0 Å². The molecule has 0 aliphatic heterocycles. The molecule has 0 heterocycles. The normalized spacial score (nSPS) is 8.67. The third-order valence-electron chi connectivity index (χ3n) is 1.74. The number of aryl methyl sites for hydroxylation is 1. The van der Waals surface area contributed by atoms with Crippen LogP contribution in [0, 0.1) is 6.92 Å². The van der Waals surface area contributed by atoms with Gasteiger partial charge < -0.3 is 0 Å². The Labute approximate surface area is 101 Å². The van der Waals surface area contributed by atoms with Crippen LogP contribution in [-0.4, -0.2) is 0 Å². The quantitative estimate of drug-likeness (QED) is 0.692. The molecule has 0 aromatic heterocycles. The van der Waals surface area contributed by atoms with Gasteiger partial charge in [0.05, 0.1) is 0 Å². The van der Waals surface area contributed by atoms with Crippen molar-refractivity contribution in [3.63, 3.8) is 0 Å². The van der Waals surface area contributed by atoms with E-state index in [4.69, 9.17) is 0 Å². The molecule has 0 fully saturated rings. The van der Waals surface area contributed by atoms with Gasteiger partial charge in [0.15, 0.2) is 0 Å². The summed E-state index contributed by atoms with van der Waals surface area (Å²) in [7, 11) is 0. The van der Waals surface area contributed by atoms with Gasteiger partial charge in [-0.2, -0.15) is 0 Å². The summed E-state index contributed by atoms with van der Waals surface area (Å²) in [5.41, 5.74) is 2.76. The van der Waals surface area contributed by atoms with Crippen molar-refractivity contribution in [2.75, 3.05) is 0 Å². The van der Waals surface area contributed by atoms with Gasteiger partial charge in [0.25, 0.3) is 0 Å². The Balaban J connectivity index is 0. The molecule has 1 aromatic carbocycles. The van der Waals surface area contributed by atoms with Crippen molar-refractivity contribution >= 4 is 0 Å². The Hall–Kier alpha value is 0.467. The predicted molar refractivity (Wildman–Crippen MR) is 45.3 cm³/mol. The fraction of sp³-hybridized carbons (Fsp3) is 0.400. The van der Waals surface area contributed by atoms with Gasteiger partial charge in [0.1, 0.15) is 0 Å². The molecule has 0 N–H and O–H groups in total. The minimum Gasteiger partial charge on any atom is -0.0590 e. The second-order valence-electron chi connectivity index (χ2n) is 3.07. The van der Waals surface area contributed by atoms with E-state index in [1.165, 1.54) is 11.1 Å². The first-order chi connectivity index (χ1) is 4.70. The Morgan fingerprint density at radius 3 is 1.67 bits per heavy atom. The number of rotatable bonds is 1. The Kier molecular flexibility index (Phi) is 8.64. The second-order valence-corrected chi connectivity index (χ2v) is 3.07. The van der Waals surface area contributed by atoms with Gasteiger partial charge in [-0.05, 0) is 18.4 Å². The largest absolute Gasteiger partial charge is 2.00 e. The predicted octanol–water partition coefficient (Wildman–Crippen LogP) is 3.11. The smallest absolute Gasteiger partial charge is 0.0590 e. The van der Waals surface area contributed by atoms with Crippen molar-refractivity contribution in [3.05, 3.63) is 35.4 Å². The van der Waals surface area contributed by atoms with Gasteiger partial charge in [-0.3, -0.25) is 0 Å².